The van der Waals surface area contributed by atoms with Gasteiger partial charge in [0.2, 0.25) is 0 Å². The van der Waals surface area contributed by atoms with Gasteiger partial charge >= 0.3 is 0 Å². The number of aliphatic hydroxyl groups excluding tert-OH is 1. The van der Waals surface area contributed by atoms with Crippen molar-refractivity contribution in [3.8, 4) is 10.4 Å². The summed E-state index contributed by atoms with van der Waals surface area (Å²) in [5.74, 6) is 0.144. The van der Waals surface area contributed by atoms with Gasteiger partial charge in [0.15, 0.2) is 0 Å². The van der Waals surface area contributed by atoms with E-state index in [2.05, 4.69) is 5.32 Å². The van der Waals surface area contributed by atoms with Crippen LogP contribution in [0.1, 0.15) is 28.9 Å². The zero-order valence-corrected chi connectivity index (χ0v) is 12.9. The molecule has 3 rings (SSSR count). The standard InChI is InChI=1S/C17H18FNO2S/c18-13-5-3-12(4-6-13)15-7-8-16(22-15)17(21)19-14(9-10-20)11-1-2-11/h3-8,11,14,20H,1-2,9-10H2,(H,19,21). The number of aliphatic hydroxyl groups is 1. The van der Waals surface area contributed by atoms with Gasteiger partial charge in [0.05, 0.1) is 4.88 Å². The zero-order chi connectivity index (χ0) is 15.5. The minimum absolute atomic E-state index is 0.0638. The summed E-state index contributed by atoms with van der Waals surface area (Å²) in [5, 5.41) is 12.1. The van der Waals surface area contributed by atoms with Crippen LogP contribution in [0.2, 0.25) is 0 Å². The van der Waals surface area contributed by atoms with Gasteiger partial charge in [-0.2, -0.15) is 0 Å². The average molecular weight is 319 g/mol. The van der Waals surface area contributed by atoms with Crippen LogP contribution in [0, 0.1) is 11.7 Å². The molecule has 1 saturated carbocycles. The van der Waals surface area contributed by atoms with Crippen molar-refractivity contribution < 1.29 is 14.3 Å². The van der Waals surface area contributed by atoms with Crippen molar-refractivity contribution in [2.45, 2.75) is 25.3 Å². The number of thiophene rings is 1. The van der Waals surface area contributed by atoms with Crippen LogP contribution < -0.4 is 5.32 Å². The van der Waals surface area contributed by atoms with Crippen LogP contribution in [0.3, 0.4) is 0 Å². The molecule has 1 unspecified atom stereocenters. The van der Waals surface area contributed by atoms with Crippen LogP contribution in [0.4, 0.5) is 4.39 Å². The predicted octanol–water partition coefficient (Wildman–Crippen LogP) is 3.45. The minimum Gasteiger partial charge on any atom is -0.396 e. The second-order valence-electron chi connectivity index (χ2n) is 5.60. The molecular weight excluding hydrogens is 301 g/mol. The zero-order valence-electron chi connectivity index (χ0n) is 12.1. The number of carbonyl (C=O) groups is 1. The third kappa shape index (κ3) is 3.54. The molecule has 22 heavy (non-hydrogen) atoms. The first-order valence-electron chi connectivity index (χ1n) is 7.45. The topological polar surface area (TPSA) is 49.3 Å². The molecule has 5 heteroatoms. The van der Waals surface area contributed by atoms with Crippen molar-refractivity contribution in [1.29, 1.82) is 0 Å². The summed E-state index contributed by atoms with van der Waals surface area (Å²) in [6.07, 6.45) is 2.85. The van der Waals surface area contributed by atoms with Gasteiger partial charge in [0.1, 0.15) is 5.82 Å². The maximum Gasteiger partial charge on any atom is 0.261 e. The monoisotopic (exact) mass is 319 g/mol. The Hall–Kier alpha value is -1.72. The number of halogens is 1. The highest BCUT2D eigenvalue weighted by molar-refractivity contribution is 7.17. The molecule has 2 aromatic rings. The van der Waals surface area contributed by atoms with Gasteiger partial charge in [0.25, 0.3) is 5.91 Å². The van der Waals surface area contributed by atoms with Crippen LogP contribution in [0.5, 0.6) is 0 Å². The summed E-state index contributed by atoms with van der Waals surface area (Å²) in [7, 11) is 0. The molecule has 0 bridgehead atoms. The normalized spacial score (nSPS) is 15.5. The molecule has 1 aromatic carbocycles. The maximum absolute atomic E-state index is 13.0. The lowest BCUT2D eigenvalue weighted by Crippen LogP contribution is -2.36. The number of hydrogen-bond acceptors (Lipinski definition) is 3. The van der Waals surface area contributed by atoms with E-state index < -0.39 is 0 Å². The molecule has 1 aliphatic carbocycles. The molecule has 3 nitrogen and oxygen atoms in total. The Kier molecular flexibility index (Phi) is 4.55. The molecule has 1 amide bonds. The van der Waals surface area contributed by atoms with Gasteiger partial charge in [0, 0.05) is 17.5 Å². The Balaban J connectivity index is 1.69. The number of carbonyl (C=O) groups excluding carboxylic acids is 1. The van der Waals surface area contributed by atoms with Gasteiger partial charge in [-0.15, -0.1) is 11.3 Å². The molecule has 0 radical (unpaired) electrons. The van der Waals surface area contributed by atoms with E-state index in [1.54, 1.807) is 18.2 Å². The number of nitrogens with one attached hydrogen (secondary N) is 1. The molecule has 116 valence electrons. The molecule has 0 spiro atoms. The fourth-order valence-corrected chi connectivity index (χ4v) is 3.45. The summed E-state index contributed by atoms with van der Waals surface area (Å²) in [6, 6.07) is 9.99. The van der Waals surface area contributed by atoms with Gasteiger partial charge in [-0.05, 0) is 55.0 Å². The SMILES string of the molecule is O=C(NC(CCO)C1CC1)c1ccc(-c2ccc(F)cc2)s1. The maximum atomic E-state index is 13.0. The van der Waals surface area contributed by atoms with Gasteiger partial charge < -0.3 is 10.4 Å². The minimum atomic E-state index is -0.269. The van der Waals surface area contributed by atoms with E-state index in [0.717, 1.165) is 23.3 Å². The molecule has 1 aliphatic rings. The lowest BCUT2D eigenvalue weighted by atomic mass is 10.1. The summed E-state index contributed by atoms with van der Waals surface area (Å²) in [5.41, 5.74) is 0.902. The second-order valence-corrected chi connectivity index (χ2v) is 6.68. The van der Waals surface area contributed by atoms with Crippen LogP contribution in [-0.4, -0.2) is 23.7 Å². The van der Waals surface area contributed by atoms with Gasteiger partial charge in [-0.1, -0.05) is 12.1 Å². The Bertz CT molecular complexity index is 649. The fraction of sp³-hybridized carbons (Fsp3) is 0.353. The molecular formula is C17H18FNO2S. The van der Waals surface area contributed by atoms with E-state index in [9.17, 15) is 9.18 Å². The smallest absolute Gasteiger partial charge is 0.261 e. The first kappa shape index (κ1) is 15.2. The van der Waals surface area contributed by atoms with Crippen molar-refractivity contribution in [2.75, 3.05) is 6.61 Å². The highest BCUT2D eigenvalue weighted by Crippen LogP contribution is 2.34. The lowest BCUT2D eigenvalue weighted by molar-refractivity contribution is 0.0928. The summed E-state index contributed by atoms with van der Waals surface area (Å²) < 4.78 is 13.0. The van der Waals surface area contributed by atoms with Gasteiger partial charge in [-0.25, -0.2) is 4.39 Å². The third-order valence-corrected chi connectivity index (χ3v) is 5.04. The van der Waals surface area contributed by atoms with E-state index in [-0.39, 0.29) is 24.4 Å². The third-order valence-electron chi connectivity index (χ3n) is 3.91. The summed E-state index contributed by atoms with van der Waals surface area (Å²) >= 11 is 1.40. The quantitative estimate of drug-likeness (QED) is 0.857. The van der Waals surface area contributed by atoms with Crippen LogP contribution >= 0.6 is 11.3 Å². The van der Waals surface area contributed by atoms with Crippen molar-refractivity contribution >= 4 is 17.2 Å². The highest BCUT2D eigenvalue weighted by atomic mass is 32.1. The molecule has 1 heterocycles. The lowest BCUT2D eigenvalue weighted by Gasteiger charge is -2.16. The Labute approximate surface area is 132 Å². The van der Waals surface area contributed by atoms with Crippen molar-refractivity contribution in [3.05, 3.63) is 47.1 Å². The van der Waals surface area contributed by atoms with Crippen molar-refractivity contribution in [3.63, 3.8) is 0 Å². The number of amides is 1. The molecule has 0 aliphatic heterocycles. The fourth-order valence-electron chi connectivity index (χ4n) is 2.53. The largest absolute Gasteiger partial charge is 0.396 e. The van der Waals surface area contributed by atoms with Gasteiger partial charge in [-0.3, -0.25) is 4.79 Å². The number of benzene rings is 1. The van der Waals surface area contributed by atoms with E-state index in [4.69, 9.17) is 5.11 Å². The molecule has 1 fully saturated rings. The number of rotatable bonds is 6. The summed E-state index contributed by atoms with van der Waals surface area (Å²) in [6.45, 7) is 0.0900. The molecule has 2 N–H and O–H groups in total. The van der Waals surface area contributed by atoms with Crippen LogP contribution in [0.15, 0.2) is 36.4 Å². The summed E-state index contributed by atoms with van der Waals surface area (Å²) in [4.78, 5) is 13.9. The average Bonchev–Trinajstić information content (AvgIpc) is 3.24. The van der Waals surface area contributed by atoms with Crippen LogP contribution in [0.25, 0.3) is 10.4 Å². The van der Waals surface area contributed by atoms with E-state index in [0.29, 0.717) is 17.2 Å². The predicted molar refractivity (Wildman–Crippen MR) is 85.4 cm³/mol. The van der Waals surface area contributed by atoms with Crippen LogP contribution in [-0.2, 0) is 0 Å². The number of hydrogen-bond donors (Lipinski definition) is 2. The highest BCUT2D eigenvalue weighted by Gasteiger charge is 2.32. The molecule has 1 atom stereocenters. The first-order valence-corrected chi connectivity index (χ1v) is 8.26. The Morgan fingerprint density at radius 2 is 2.00 bits per heavy atom. The van der Waals surface area contributed by atoms with E-state index in [1.807, 2.05) is 6.07 Å². The molecule has 1 aromatic heterocycles. The Morgan fingerprint density at radius 1 is 1.27 bits per heavy atom. The first-order chi connectivity index (χ1) is 10.7. The second kappa shape index (κ2) is 6.58. The molecule has 0 saturated heterocycles. The van der Waals surface area contributed by atoms with Crippen molar-refractivity contribution in [1.82, 2.24) is 5.32 Å². The van der Waals surface area contributed by atoms with E-state index in [1.165, 1.54) is 23.5 Å². The Morgan fingerprint density at radius 3 is 2.64 bits per heavy atom. The van der Waals surface area contributed by atoms with Crippen molar-refractivity contribution in [2.24, 2.45) is 5.92 Å². The van der Waals surface area contributed by atoms with E-state index >= 15 is 0 Å².